The van der Waals surface area contributed by atoms with Gasteiger partial charge < -0.3 is 16.0 Å². The normalized spacial score (nSPS) is 11.4. The molecule has 0 aliphatic heterocycles. The third-order valence-corrected chi connectivity index (χ3v) is 6.69. The van der Waals surface area contributed by atoms with E-state index < -0.39 is 17.6 Å². The second-order valence-corrected chi connectivity index (χ2v) is 10.3. The third-order valence-electron chi connectivity index (χ3n) is 6.49. The lowest BCUT2D eigenvalue weighted by atomic mass is 9.99. The Labute approximate surface area is 236 Å². The molecule has 1 heterocycles. The zero-order valence-electron chi connectivity index (χ0n) is 22.8. The van der Waals surface area contributed by atoms with Crippen molar-refractivity contribution in [2.45, 2.75) is 39.8 Å². The van der Waals surface area contributed by atoms with E-state index in [1.54, 1.807) is 7.05 Å². The molecule has 6 nitrogen and oxygen atoms in total. The Kier molecular flexibility index (Phi) is 8.29. The predicted molar refractivity (Wildman–Crippen MR) is 158 cm³/mol. The van der Waals surface area contributed by atoms with E-state index in [0.29, 0.717) is 22.5 Å². The fourth-order valence-electron chi connectivity index (χ4n) is 4.35. The van der Waals surface area contributed by atoms with E-state index in [4.69, 9.17) is 12.2 Å². The maximum Gasteiger partial charge on any atom is 0.416 e. The summed E-state index contributed by atoms with van der Waals surface area (Å²) in [5.74, 6) is 0.268. The van der Waals surface area contributed by atoms with Crippen LogP contribution in [0.3, 0.4) is 0 Å². The molecular formula is C30H30F3N5OS. The molecule has 208 valence electrons. The molecular weight excluding hydrogens is 535 g/mol. The molecule has 3 N–H and O–H groups in total. The van der Waals surface area contributed by atoms with Gasteiger partial charge in [0.15, 0.2) is 5.11 Å². The van der Waals surface area contributed by atoms with Gasteiger partial charge in [-0.1, -0.05) is 38.1 Å². The van der Waals surface area contributed by atoms with Gasteiger partial charge in [0.1, 0.15) is 5.82 Å². The summed E-state index contributed by atoms with van der Waals surface area (Å²) in [7, 11) is 1.69. The first-order chi connectivity index (χ1) is 18.8. The number of nitrogens with one attached hydrogen (secondary N) is 3. The number of aromatic nitrogens is 2. The van der Waals surface area contributed by atoms with Crippen LogP contribution in [0.5, 0.6) is 0 Å². The van der Waals surface area contributed by atoms with Gasteiger partial charge in [0.05, 0.1) is 11.3 Å². The van der Waals surface area contributed by atoms with Crippen LogP contribution in [0.4, 0.5) is 30.4 Å². The Balaban J connectivity index is 1.45. The topological polar surface area (TPSA) is 71.0 Å². The standard InChI is InChI=1S/C30H30F3N5OS/c1-17(2)24-15-6-18(3)16-25(24)35-29(40)34-23-13-9-20(10-14-23)26-19(4)27(38(5)37-26)36-28(39)21-7-11-22(12-8-21)30(31,32)33/h6-17H,1-5H3,(H,36,39)(H2,34,35,40). The van der Waals surface area contributed by atoms with Gasteiger partial charge in [0.2, 0.25) is 0 Å². The highest BCUT2D eigenvalue weighted by molar-refractivity contribution is 7.80. The average molecular weight is 566 g/mol. The van der Waals surface area contributed by atoms with Gasteiger partial charge in [-0.15, -0.1) is 0 Å². The van der Waals surface area contributed by atoms with Crippen LogP contribution < -0.4 is 16.0 Å². The van der Waals surface area contributed by atoms with Crippen LogP contribution >= 0.6 is 12.2 Å². The largest absolute Gasteiger partial charge is 0.416 e. The molecule has 40 heavy (non-hydrogen) atoms. The van der Waals surface area contributed by atoms with E-state index in [2.05, 4.69) is 53.1 Å². The van der Waals surface area contributed by atoms with Crippen molar-refractivity contribution in [2.75, 3.05) is 16.0 Å². The highest BCUT2D eigenvalue weighted by Crippen LogP contribution is 2.31. The van der Waals surface area contributed by atoms with Gasteiger partial charge in [-0.05, 0) is 85.6 Å². The van der Waals surface area contributed by atoms with Crippen molar-refractivity contribution in [1.82, 2.24) is 9.78 Å². The molecule has 10 heteroatoms. The fraction of sp³-hybridized carbons (Fsp3) is 0.233. The monoisotopic (exact) mass is 565 g/mol. The summed E-state index contributed by atoms with van der Waals surface area (Å²) in [5.41, 5.74) is 5.60. The van der Waals surface area contributed by atoms with Crippen molar-refractivity contribution < 1.29 is 18.0 Å². The molecule has 0 spiro atoms. The van der Waals surface area contributed by atoms with Crippen molar-refractivity contribution >= 4 is 40.4 Å². The molecule has 0 aliphatic carbocycles. The molecule has 3 aromatic carbocycles. The first kappa shape index (κ1) is 28.8. The molecule has 0 unspecified atom stereocenters. The van der Waals surface area contributed by atoms with Crippen LogP contribution in [-0.2, 0) is 13.2 Å². The highest BCUT2D eigenvalue weighted by Gasteiger charge is 2.30. The lowest BCUT2D eigenvalue weighted by Gasteiger charge is -2.17. The van der Waals surface area contributed by atoms with Crippen molar-refractivity contribution in [3.8, 4) is 11.3 Å². The van der Waals surface area contributed by atoms with Gasteiger partial charge >= 0.3 is 6.18 Å². The number of amides is 1. The summed E-state index contributed by atoms with van der Waals surface area (Å²) >= 11 is 5.55. The number of carbonyl (C=O) groups excluding carboxylic acids is 1. The van der Waals surface area contributed by atoms with Crippen molar-refractivity contribution in [2.24, 2.45) is 7.05 Å². The molecule has 4 rings (SSSR count). The first-order valence-electron chi connectivity index (χ1n) is 12.6. The smallest absolute Gasteiger partial charge is 0.332 e. The predicted octanol–water partition coefficient (Wildman–Crippen LogP) is 7.91. The van der Waals surface area contributed by atoms with E-state index in [9.17, 15) is 18.0 Å². The second-order valence-electron chi connectivity index (χ2n) is 9.88. The second kappa shape index (κ2) is 11.5. The van der Waals surface area contributed by atoms with Gasteiger partial charge in [-0.25, -0.2) is 0 Å². The number of alkyl halides is 3. The summed E-state index contributed by atoms with van der Waals surface area (Å²) < 4.78 is 40.1. The zero-order chi connectivity index (χ0) is 29.2. The quantitative estimate of drug-likeness (QED) is 0.207. The molecule has 0 saturated heterocycles. The minimum atomic E-state index is -4.46. The van der Waals surface area contributed by atoms with Crippen LogP contribution in [0, 0.1) is 13.8 Å². The minimum absolute atomic E-state index is 0.112. The Bertz CT molecular complexity index is 1540. The maximum absolute atomic E-state index is 12.8. The summed E-state index contributed by atoms with van der Waals surface area (Å²) in [6.07, 6.45) is -4.46. The van der Waals surface area contributed by atoms with Crippen LogP contribution in [0.1, 0.15) is 52.4 Å². The van der Waals surface area contributed by atoms with Crippen LogP contribution in [-0.4, -0.2) is 20.8 Å². The number of anilines is 3. The number of carbonyl (C=O) groups is 1. The average Bonchev–Trinajstić information content (AvgIpc) is 3.16. The van der Waals surface area contributed by atoms with Crippen molar-refractivity contribution in [3.05, 3.63) is 94.5 Å². The van der Waals surface area contributed by atoms with Gasteiger partial charge in [-0.2, -0.15) is 18.3 Å². The van der Waals surface area contributed by atoms with Crippen LogP contribution in [0.15, 0.2) is 66.7 Å². The van der Waals surface area contributed by atoms with Gasteiger partial charge in [0.25, 0.3) is 5.91 Å². The molecule has 0 atom stereocenters. The number of halogens is 3. The minimum Gasteiger partial charge on any atom is -0.332 e. The molecule has 0 saturated carbocycles. The first-order valence-corrected chi connectivity index (χ1v) is 13.1. The summed E-state index contributed by atoms with van der Waals surface area (Å²) in [5, 5.41) is 14.3. The molecule has 4 aromatic rings. The Morgan fingerprint density at radius 2 is 1.57 bits per heavy atom. The molecule has 1 aromatic heterocycles. The molecule has 0 radical (unpaired) electrons. The number of hydrogen-bond donors (Lipinski definition) is 3. The van der Waals surface area contributed by atoms with Crippen molar-refractivity contribution in [3.63, 3.8) is 0 Å². The lowest BCUT2D eigenvalue weighted by Crippen LogP contribution is -2.20. The third kappa shape index (κ3) is 6.51. The summed E-state index contributed by atoms with van der Waals surface area (Å²) in [6.45, 7) is 8.13. The number of thiocarbonyl (C=S) groups is 1. The SMILES string of the molecule is Cc1ccc(C(C)C)c(NC(=S)Nc2ccc(-c3nn(C)c(NC(=O)c4ccc(C(F)(F)F)cc4)c3C)cc2)c1. The van der Waals surface area contributed by atoms with Gasteiger partial charge in [0, 0.05) is 35.1 Å². The van der Waals surface area contributed by atoms with Crippen LogP contribution in [0.2, 0.25) is 0 Å². The van der Waals surface area contributed by atoms with E-state index >= 15 is 0 Å². The Hall–Kier alpha value is -4.18. The number of benzene rings is 3. The zero-order valence-corrected chi connectivity index (χ0v) is 23.6. The Morgan fingerprint density at radius 1 is 0.925 bits per heavy atom. The van der Waals surface area contributed by atoms with E-state index in [1.807, 2.05) is 38.1 Å². The van der Waals surface area contributed by atoms with Gasteiger partial charge in [-0.3, -0.25) is 9.48 Å². The number of nitrogens with zero attached hydrogens (tertiary/aromatic N) is 2. The van der Waals surface area contributed by atoms with E-state index in [0.717, 1.165) is 52.3 Å². The summed E-state index contributed by atoms with van der Waals surface area (Å²) in [6, 6.07) is 17.9. The molecule has 0 fully saturated rings. The number of hydrogen-bond acceptors (Lipinski definition) is 3. The van der Waals surface area contributed by atoms with E-state index in [1.165, 1.54) is 10.2 Å². The fourth-order valence-corrected chi connectivity index (χ4v) is 4.57. The highest BCUT2D eigenvalue weighted by atomic mass is 32.1. The molecule has 1 amide bonds. The van der Waals surface area contributed by atoms with Crippen molar-refractivity contribution in [1.29, 1.82) is 0 Å². The van der Waals surface area contributed by atoms with E-state index in [-0.39, 0.29) is 5.56 Å². The molecule has 0 aliphatic rings. The number of aryl methyl sites for hydroxylation is 2. The molecule has 0 bridgehead atoms. The maximum atomic E-state index is 12.8. The number of rotatable bonds is 6. The summed E-state index contributed by atoms with van der Waals surface area (Å²) in [4.78, 5) is 12.7. The van der Waals surface area contributed by atoms with Crippen LogP contribution in [0.25, 0.3) is 11.3 Å². The lowest BCUT2D eigenvalue weighted by molar-refractivity contribution is -0.137. The Morgan fingerprint density at radius 3 is 2.17 bits per heavy atom.